The van der Waals surface area contributed by atoms with Crippen molar-refractivity contribution < 1.29 is 18.7 Å². The molecule has 5 nitrogen and oxygen atoms in total. The maximum atomic E-state index is 14.0. The van der Waals surface area contributed by atoms with Gasteiger partial charge >= 0.3 is 0 Å². The van der Waals surface area contributed by atoms with E-state index in [2.05, 4.69) is 4.90 Å². The second-order valence-electron chi connectivity index (χ2n) is 8.01. The number of halogens is 2. The Morgan fingerprint density at radius 3 is 2.61 bits per heavy atom. The number of hydrogen-bond acceptors (Lipinski definition) is 4. The Kier molecular flexibility index (Phi) is 8.84. The van der Waals surface area contributed by atoms with E-state index in [4.69, 9.17) is 21.1 Å². The molecule has 2 aromatic rings. The van der Waals surface area contributed by atoms with Gasteiger partial charge < -0.3 is 14.4 Å². The number of carbonyl (C=O) groups is 1. The third kappa shape index (κ3) is 6.74. The van der Waals surface area contributed by atoms with Crippen LogP contribution in [0.4, 0.5) is 4.39 Å². The monoisotopic (exact) mass is 448 g/mol. The number of amides is 1. The lowest BCUT2D eigenvalue weighted by Crippen LogP contribution is -2.41. The highest BCUT2D eigenvalue weighted by Crippen LogP contribution is 2.34. The molecule has 0 aliphatic carbocycles. The SMILES string of the molecule is COCCN(CC1CN(Cc2ccc(Cl)cc2)CC1c1cccc(F)c1)C(=O)COC. The van der Waals surface area contributed by atoms with Gasteiger partial charge in [-0.25, -0.2) is 4.39 Å². The van der Waals surface area contributed by atoms with E-state index < -0.39 is 0 Å². The van der Waals surface area contributed by atoms with E-state index in [0.717, 1.165) is 25.2 Å². The van der Waals surface area contributed by atoms with Crippen molar-refractivity contribution in [3.05, 3.63) is 70.5 Å². The summed E-state index contributed by atoms with van der Waals surface area (Å²) in [4.78, 5) is 16.8. The number of ether oxygens (including phenoxy) is 2. The number of rotatable bonds is 10. The van der Waals surface area contributed by atoms with Gasteiger partial charge in [-0.1, -0.05) is 35.9 Å². The van der Waals surface area contributed by atoms with Crippen molar-refractivity contribution in [2.45, 2.75) is 12.5 Å². The normalized spacial score (nSPS) is 19.0. The molecule has 0 saturated carbocycles. The van der Waals surface area contributed by atoms with Crippen LogP contribution >= 0.6 is 11.6 Å². The first-order valence-corrected chi connectivity index (χ1v) is 10.9. The van der Waals surface area contributed by atoms with Gasteiger partial charge in [0.25, 0.3) is 0 Å². The molecule has 7 heteroatoms. The molecule has 1 aliphatic rings. The summed E-state index contributed by atoms with van der Waals surface area (Å²) in [5, 5.41) is 0.714. The Hall–Kier alpha value is -1.99. The molecule has 2 atom stereocenters. The van der Waals surface area contributed by atoms with Gasteiger partial charge in [0.15, 0.2) is 0 Å². The highest BCUT2D eigenvalue weighted by molar-refractivity contribution is 6.30. The summed E-state index contributed by atoms with van der Waals surface area (Å²) in [7, 11) is 3.14. The molecule has 1 amide bonds. The molecule has 1 fully saturated rings. The molecule has 1 saturated heterocycles. The van der Waals surface area contributed by atoms with E-state index in [9.17, 15) is 9.18 Å². The van der Waals surface area contributed by atoms with Gasteiger partial charge in [0, 0.05) is 57.9 Å². The Morgan fingerprint density at radius 1 is 1.16 bits per heavy atom. The maximum absolute atomic E-state index is 14.0. The van der Waals surface area contributed by atoms with Crippen molar-refractivity contribution in [3.8, 4) is 0 Å². The number of hydrogen-bond donors (Lipinski definition) is 0. The number of benzene rings is 2. The van der Waals surface area contributed by atoms with E-state index in [1.165, 1.54) is 18.7 Å². The van der Waals surface area contributed by atoms with Crippen LogP contribution in [-0.4, -0.2) is 69.3 Å². The van der Waals surface area contributed by atoms with Crippen LogP contribution in [0.1, 0.15) is 17.0 Å². The molecule has 0 N–H and O–H groups in total. The van der Waals surface area contributed by atoms with Crippen molar-refractivity contribution in [3.63, 3.8) is 0 Å². The van der Waals surface area contributed by atoms with Crippen LogP contribution in [-0.2, 0) is 20.8 Å². The maximum Gasteiger partial charge on any atom is 0.248 e. The molecule has 0 spiro atoms. The standard InChI is InChI=1S/C24H30ClFN2O3/c1-30-11-10-28(24(29)17-31-2)15-20-14-27(13-18-6-8-21(25)9-7-18)16-23(20)19-4-3-5-22(26)12-19/h3-9,12,20,23H,10-11,13-17H2,1-2H3. The topological polar surface area (TPSA) is 42.0 Å². The molecule has 1 heterocycles. The van der Waals surface area contributed by atoms with Gasteiger partial charge in [0.2, 0.25) is 5.91 Å². The van der Waals surface area contributed by atoms with Crippen molar-refractivity contribution in [1.29, 1.82) is 0 Å². The Morgan fingerprint density at radius 2 is 1.94 bits per heavy atom. The third-order valence-corrected chi connectivity index (χ3v) is 6.01. The van der Waals surface area contributed by atoms with Crippen LogP contribution in [0.25, 0.3) is 0 Å². The quantitative estimate of drug-likeness (QED) is 0.554. The predicted octanol–water partition coefficient (Wildman–Crippen LogP) is 3.82. The smallest absolute Gasteiger partial charge is 0.248 e. The molecule has 2 aromatic carbocycles. The molecule has 31 heavy (non-hydrogen) atoms. The summed E-state index contributed by atoms with van der Waals surface area (Å²) >= 11 is 6.02. The Labute approximate surface area is 188 Å². The van der Waals surface area contributed by atoms with Crippen molar-refractivity contribution in [1.82, 2.24) is 9.80 Å². The average Bonchev–Trinajstić information content (AvgIpc) is 3.15. The minimum atomic E-state index is -0.237. The van der Waals surface area contributed by atoms with E-state index >= 15 is 0 Å². The predicted molar refractivity (Wildman–Crippen MR) is 120 cm³/mol. The first-order chi connectivity index (χ1) is 15.0. The zero-order valence-corrected chi connectivity index (χ0v) is 18.9. The minimum absolute atomic E-state index is 0.0373. The van der Waals surface area contributed by atoms with E-state index in [1.807, 2.05) is 30.3 Å². The molecule has 0 bridgehead atoms. The Bertz CT molecular complexity index is 849. The highest BCUT2D eigenvalue weighted by Gasteiger charge is 2.35. The summed E-state index contributed by atoms with van der Waals surface area (Å²) in [5.74, 6) is 0.00273. The lowest BCUT2D eigenvalue weighted by Gasteiger charge is -2.28. The van der Waals surface area contributed by atoms with E-state index in [1.54, 1.807) is 24.1 Å². The zero-order valence-electron chi connectivity index (χ0n) is 18.1. The molecular weight excluding hydrogens is 419 g/mol. The third-order valence-electron chi connectivity index (χ3n) is 5.75. The number of carbonyl (C=O) groups excluding carboxylic acids is 1. The largest absolute Gasteiger partial charge is 0.383 e. The zero-order chi connectivity index (χ0) is 22.2. The summed E-state index contributed by atoms with van der Waals surface area (Å²) in [5.41, 5.74) is 2.14. The van der Waals surface area contributed by atoms with Crippen molar-refractivity contribution in [2.24, 2.45) is 5.92 Å². The first-order valence-electron chi connectivity index (χ1n) is 10.5. The Balaban J connectivity index is 1.79. The second kappa shape index (κ2) is 11.6. The van der Waals surface area contributed by atoms with E-state index in [-0.39, 0.29) is 30.2 Å². The number of methoxy groups -OCH3 is 2. The molecule has 1 aliphatic heterocycles. The van der Waals surface area contributed by atoms with E-state index in [0.29, 0.717) is 24.7 Å². The second-order valence-corrected chi connectivity index (χ2v) is 8.44. The fraction of sp³-hybridized carbons (Fsp3) is 0.458. The number of nitrogens with zero attached hydrogens (tertiary/aromatic N) is 2. The summed E-state index contributed by atoms with van der Waals surface area (Å²) in [6, 6.07) is 14.6. The molecule has 0 aromatic heterocycles. The van der Waals surface area contributed by atoms with Gasteiger partial charge in [-0.3, -0.25) is 9.69 Å². The van der Waals surface area contributed by atoms with Gasteiger partial charge in [0.05, 0.1) is 6.61 Å². The minimum Gasteiger partial charge on any atom is -0.383 e. The highest BCUT2D eigenvalue weighted by atomic mass is 35.5. The molecule has 3 rings (SSSR count). The van der Waals surface area contributed by atoms with Gasteiger partial charge in [-0.15, -0.1) is 0 Å². The lowest BCUT2D eigenvalue weighted by molar-refractivity contribution is -0.136. The van der Waals surface area contributed by atoms with Crippen LogP contribution in [0.3, 0.4) is 0 Å². The molecular formula is C24H30ClFN2O3. The molecule has 2 unspecified atom stereocenters. The molecule has 168 valence electrons. The van der Waals surface area contributed by atoms with Gasteiger partial charge in [-0.2, -0.15) is 0 Å². The summed E-state index contributed by atoms with van der Waals surface area (Å²) in [6.07, 6.45) is 0. The van der Waals surface area contributed by atoms with Crippen molar-refractivity contribution >= 4 is 17.5 Å². The summed E-state index contributed by atoms with van der Waals surface area (Å²) in [6.45, 7) is 3.97. The first kappa shape index (κ1) is 23.7. The van der Waals surface area contributed by atoms with Crippen molar-refractivity contribution in [2.75, 3.05) is 53.6 Å². The van der Waals surface area contributed by atoms with Crippen LogP contribution in [0, 0.1) is 11.7 Å². The van der Waals surface area contributed by atoms with Gasteiger partial charge in [-0.05, 0) is 41.3 Å². The van der Waals surface area contributed by atoms with Crippen LogP contribution in [0.2, 0.25) is 5.02 Å². The summed E-state index contributed by atoms with van der Waals surface area (Å²) < 4.78 is 24.2. The fourth-order valence-electron chi connectivity index (χ4n) is 4.25. The van der Waals surface area contributed by atoms with Crippen LogP contribution < -0.4 is 0 Å². The molecule has 0 radical (unpaired) electrons. The number of likely N-dealkylation sites (tertiary alicyclic amines) is 1. The van der Waals surface area contributed by atoms with Crippen LogP contribution in [0.15, 0.2) is 48.5 Å². The fourth-order valence-corrected chi connectivity index (χ4v) is 4.38. The van der Waals surface area contributed by atoms with Gasteiger partial charge in [0.1, 0.15) is 12.4 Å². The van der Waals surface area contributed by atoms with Crippen LogP contribution in [0.5, 0.6) is 0 Å². The average molecular weight is 449 g/mol. The lowest BCUT2D eigenvalue weighted by atomic mass is 9.88.